The van der Waals surface area contributed by atoms with Crippen LogP contribution in [0.25, 0.3) is 10.9 Å². The second kappa shape index (κ2) is 7.40. The molecule has 0 fully saturated rings. The third-order valence-electron chi connectivity index (χ3n) is 4.50. The quantitative estimate of drug-likeness (QED) is 0.742. The molecule has 0 radical (unpaired) electrons. The van der Waals surface area contributed by atoms with Gasteiger partial charge in [-0.25, -0.2) is 4.39 Å². The smallest absolute Gasteiger partial charge is 0.258 e. The third kappa shape index (κ3) is 3.40. The Morgan fingerprint density at radius 1 is 1.26 bits per heavy atom. The number of pyridine rings is 1. The summed E-state index contributed by atoms with van der Waals surface area (Å²) >= 11 is 6.19. The summed E-state index contributed by atoms with van der Waals surface area (Å²) in [6.45, 7) is 2.04. The summed E-state index contributed by atoms with van der Waals surface area (Å²) < 4.78 is 14.9. The van der Waals surface area contributed by atoms with Crippen molar-refractivity contribution in [3.05, 3.63) is 69.2 Å². The fraction of sp³-hybridized carbons (Fsp3) is 0.200. The predicted molar refractivity (Wildman–Crippen MR) is 104 cm³/mol. The van der Waals surface area contributed by atoms with E-state index in [1.807, 2.05) is 0 Å². The number of aryl methyl sites for hydroxylation is 1. The molecule has 0 saturated carbocycles. The first-order valence-corrected chi connectivity index (χ1v) is 8.78. The van der Waals surface area contributed by atoms with Gasteiger partial charge in [-0.2, -0.15) is 0 Å². The van der Waals surface area contributed by atoms with E-state index in [1.54, 1.807) is 38.2 Å². The van der Waals surface area contributed by atoms with Crippen LogP contribution >= 0.6 is 11.6 Å². The lowest BCUT2D eigenvalue weighted by Crippen LogP contribution is -2.34. The Morgan fingerprint density at radius 3 is 2.63 bits per heavy atom. The minimum absolute atomic E-state index is 0.0436. The van der Waals surface area contributed by atoms with Crippen molar-refractivity contribution < 1.29 is 14.3 Å². The van der Waals surface area contributed by atoms with E-state index >= 15 is 0 Å². The molecule has 1 heterocycles. The second-order valence-electron chi connectivity index (χ2n) is 6.12. The standard InChI is InChI=1S/C20H18ClFN2O3/c1-3-24(13-7-4-6-12(22)10-13)17(25)11-14-19(26)18-15(21)8-5-9-16(18)23(2)20(14)27/h4-10,26H,3,11H2,1-2H3. The molecule has 0 spiro atoms. The van der Waals surface area contributed by atoms with Crippen LogP contribution in [0.3, 0.4) is 0 Å². The Balaban J connectivity index is 2.07. The molecule has 0 atom stereocenters. The van der Waals surface area contributed by atoms with Crippen LogP contribution in [0.1, 0.15) is 12.5 Å². The first-order valence-electron chi connectivity index (χ1n) is 8.40. The average Bonchev–Trinajstić information content (AvgIpc) is 2.64. The minimum atomic E-state index is -0.481. The number of benzene rings is 2. The average molecular weight is 389 g/mol. The van der Waals surface area contributed by atoms with Crippen molar-refractivity contribution in [2.75, 3.05) is 11.4 Å². The molecule has 3 aromatic rings. The van der Waals surface area contributed by atoms with Crippen LogP contribution in [-0.4, -0.2) is 22.1 Å². The number of amides is 1. The van der Waals surface area contributed by atoms with Gasteiger partial charge in [0.15, 0.2) is 0 Å². The van der Waals surface area contributed by atoms with E-state index < -0.39 is 17.3 Å². The molecule has 0 aliphatic carbocycles. The molecule has 0 bridgehead atoms. The van der Waals surface area contributed by atoms with Crippen molar-refractivity contribution in [1.29, 1.82) is 0 Å². The van der Waals surface area contributed by atoms with Crippen LogP contribution in [0, 0.1) is 5.82 Å². The largest absolute Gasteiger partial charge is 0.507 e. The Morgan fingerprint density at radius 2 is 1.96 bits per heavy atom. The van der Waals surface area contributed by atoms with E-state index in [0.717, 1.165) is 0 Å². The van der Waals surface area contributed by atoms with Crippen molar-refractivity contribution >= 4 is 34.1 Å². The summed E-state index contributed by atoms with van der Waals surface area (Å²) in [6.07, 6.45) is -0.329. The topological polar surface area (TPSA) is 62.5 Å². The summed E-state index contributed by atoms with van der Waals surface area (Å²) in [5.74, 6) is -1.20. The summed E-state index contributed by atoms with van der Waals surface area (Å²) in [5.41, 5.74) is 0.333. The van der Waals surface area contributed by atoms with Crippen LogP contribution in [0.2, 0.25) is 5.02 Å². The van der Waals surface area contributed by atoms with E-state index in [9.17, 15) is 19.1 Å². The number of halogens is 2. The lowest BCUT2D eigenvalue weighted by Gasteiger charge is -2.21. The molecule has 1 amide bonds. The zero-order valence-electron chi connectivity index (χ0n) is 14.9. The lowest BCUT2D eigenvalue weighted by molar-refractivity contribution is -0.118. The maximum absolute atomic E-state index is 13.5. The third-order valence-corrected chi connectivity index (χ3v) is 4.82. The van der Waals surface area contributed by atoms with Gasteiger partial charge in [0, 0.05) is 19.3 Å². The number of aromatic nitrogens is 1. The van der Waals surface area contributed by atoms with Gasteiger partial charge in [0.1, 0.15) is 11.6 Å². The Kier molecular flexibility index (Phi) is 5.19. The van der Waals surface area contributed by atoms with E-state index in [-0.39, 0.29) is 29.3 Å². The fourth-order valence-corrected chi connectivity index (χ4v) is 3.40. The highest BCUT2D eigenvalue weighted by Gasteiger charge is 2.22. The molecule has 0 aliphatic rings. The van der Waals surface area contributed by atoms with Gasteiger partial charge in [0.2, 0.25) is 5.91 Å². The SMILES string of the molecule is CCN(C(=O)Cc1c(O)c2c(Cl)cccc2n(C)c1=O)c1cccc(F)c1. The zero-order chi connectivity index (χ0) is 19.7. The van der Waals surface area contributed by atoms with Gasteiger partial charge < -0.3 is 14.6 Å². The van der Waals surface area contributed by atoms with E-state index in [1.165, 1.54) is 27.7 Å². The maximum Gasteiger partial charge on any atom is 0.258 e. The van der Waals surface area contributed by atoms with E-state index in [2.05, 4.69) is 0 Å². The summed E-state index contributed by atoms with van der Waals surface area (Å²) in [7, 11) is 1.55. The van der Waals surface area contributed by atoms with Gasteiger partial charge in [0.05, 0.1) is 27.9 Å². The number of likely N-dealkylation sites (N-methyl/N-ethyl adjacent to an activating group) is 1. The van der Waals surface area contributed by atoms with Gasteiger partial charge in [-0.3, -0.25) is 9.59 Å². The molecular weight excluding hydrogens is 371 g/mol. The van der Waals surface area contributed by atoms with Gasteiger partial charge in [-0.15, -0.1) is 0 Å². The molecule has 0 unspecified atom stereocenters. The van der Waals surface area contributed by atoms with Crippen molar-refractivity contribution in [3.8, 4) is 5.75 Å². The Labute approximate surface area is 160 Å². The summed E-state index contributed by atoms with van der Waals surface area (Å²) in [5, 5.41) is 11.2. The highest BCUT2D eigenvalue weighted by atomic mass is 35.5. The second-order valence-corrected chi connectivity index (χ2v) is 6.53. The molecular formula is C20H18ClFN2O3. The first-order chi connectivity index (χ1) is 12.8. The van der Waals surface area contributed by atoms with E-state index in [0.29, 0.717) is 16.6 Å². The number of hydrogen-bond acceptors (Lipinski definition) is 3. The Hall–Kier alpha value is -2.86. The number of carbonyl (C=O) groups is 1. The number of rotatable bonds is 4. The minimum Gasteiger partial charge on any atom is -0.507 e. The highest BCUT2D eigenvalue weighted by Crippen LogP contribution is 2.32. The Bertz CT molecular complexity index is 1090. The van der Waals surface area contributed by atoms with Gasteiger partial charge >= 0.3 is 0 Å². The number of anilines is 1. The maximum atomic E-state index is 13.5. The van der Waals surface area contributed by atoms with Crippen LogP contribution in [0.15, 0.2) is 47.3 Å². The van der Waals surface area contributed by atoms with Gasteiger partial charge in [0.25, 0.3) is 5.56 Å². The number of aromatic hydroxyl groups is 1. The molecule has 3 rings (SSSR count). The number of hydrogen-bond donors (Lipinski definition) is 1. The van der Waals surface area contributed by atoms with Crippen molar-refractivity contribution in [2.24, 2.45) is 7.05 Å². The van der Waals surface area contributed by atoms with Crippen molar-refractivity contribution in [2.45, 2.75) is 13.3 Å². The first kappa shape index (κ1) is 18.9. The molecule has 7 heteroatoms. The van der Waals surface area contributed by atoms with Gasteiger partial charge in [-0.1, -0.05) is 23.7 Å². The summed E-state index contributed by atoms with van der Waals surface area (Å²) in [6, 6.07) is 10.6. The summed E-state index contributed by atoms with van der Waals surface area (Å²) in [4.78, 5) is 26.8. The molecule has 27 heavy (non-hydrogen) atoms. The van der Waals surface area contributed by atoms with Crippen LogP contribution in [-0.2, 0) is 18.3 Å². The van der Waals surface area contributed by atoms with Crippen molar-refractivity contribution in [1.82, 2.24) is 4.57 Å². The predicted octanol–water partition coefficient (Wildman–Crippen LogP) is 3.63. The monoisotopic (exact) mass is 388 g/mol. The van der Waals surface area contributed by atoms with Crippen LogP contribution < -0.4 is 10.5 Å². The van der Waals surface area contributed by atoms with Crippen LogP contribution in [0.5, 0.6) is 5.75 Å². The van der Waals surface area contributed by atoms with Crippen LogP contribution in [0.4, 0.5) is 10.1 Å². The number of carbonyl (C=O) groups excluding carboxylic acids is 1. The fourth-order valence-electron chi connectivity index (χ4n) is 3.14. The molecule has 0 saturated heterocycles. The highest BCUT2D eigenvalue weighted by molar-refractivity contribution is 6.36. The zero-order valence-corrected chi connectivity index (χ0v) is 15.6. The molecule has 5 nitrogen and oxygen atoms in total. The van der Waals surface area contributed by atoms with Gasteiger partial charge in [-0.05, 0) is 37.3 Å². The molecule has 1 aromatic heterocycles. The van der Waals surface area contributed by atoms with E-state index in [4.69, 9.17) is 11.6 Å². The van der Waals surface area contributed by atoms with Crippen molar-refractivity contribution in [3.63, 3.8) is 0 Å². The number of nitrogens with zero attached hydrogens (tertiary/aromatic N) is 2. The molecule has 1 N–H and O–H groups in total. The normalized spacial score (nSPS) is 11.0. The molecule has 2 aromatic carbocycles. The number of fused-ring (bicyclic) bond motifs is 1. The molecule has 0 aliphatic heterocycles. The molecule has 140 valence electrons. The lowest BCUT2D eigenvalue weighted by atomic mass is 10.1.